The second-order valence-corrected chi connectivity index (χ2v) is 9.28. The molecule has 0 fully saturated rings. The smallest absolute Gasteiger partial charge is 0.254 e. The van der Waals surface area contributed by atoms with Crippen LogP contribution in [0.5, 0.6) is 0 Å². The highest BCUT2D eigenvalue weighted by molar-refractivity contribution is 7.90. The molecule has 146 valence electrons. The maximum Gasteiger partial charge on any atom is 0.254 e. The van der Waals surface area contributed by atoms with Crippen LogP contribution in [0.2, 0.25) is 0 Å². The molecule has 3 rings (SSSR count). The number of aryl methyl sites for hydroxylation is 2. The summed E-state index contributed by atoms with van der Waals surface area (Å²) in [5.74, 6) is -0.0965. The van der Waals surface area contributed by atoms with Crippen LogP contribution in [-0.4, -0.2) is 37.5 Å². The molecule has 6 heteroatoms. The van der Waals surface area contributed by atoms with Gasteiger partial charge in [-0.2, -0.15) is 0 Å². The molecule has 0 saturated carbocycles. The van der Waals surface area contributed by atoms with Crippen molar-refractivity contribution in [2.45, 2.75) is 31.7 Å². The van der Waals surface area contributed by atoms with Gasteiger partial charge >= 0.3 is 0 Å². The van der Waals surface area contributed by atoms with Gasteiger partial charge in [0.25, 0.3) is 5.91 Å². The predicted octanol–water partition coefficient (Wildman–Crippen LogP) is 4.09. The third kappa shape index (κ3) is 3.92. The van der Waals surface area contributed by atoms with Crippen molar-refractivity contribution < 1.29 is 13.2 Å². The van der Waals surface area contributed by atoms with E-state index in [-0.39, 0.29) is 16.8 Å². The first-order valence-electron chi connectivity index (χ1n) is 9.03. The topological polar surface area (TPSA) is 67.3 Å². The lowest BCUT2D eigenvalue weighted by Crippen LogP contribution is -2.30. The normalized spacial score (nSPS) is 12.8. The first-order valence-corrected chi connectivity index (χ1v) is 10.9. The predicted molar refractivity (Wildman–Crippen MR) is 111 cm³/mol. The Hall–Kier alpha value is -2.73. The van der Waals surface area contributed by atoms with Gasteiger partial charge in [0, 0.05) is 24.4 Å². The number of nitrogens with zero attached hydrogens (tertiary/aromatic N) is 2. The van der Waals surface area contributed by atoms with Crippen molar-refractivity contribution in [1.82, 2.24) is 9.88 Å². The lowest BCUT2D eigenvalue weighted by molar-refractivity contribution is 0.0744. The molecule has 1 aromatic heterocycles. The van der Waals surface area contributed by atoms with Crippen molar-refractivity contribution in [2.24, 2.45) is 0 Å². The van der Waals surface area contributed by atoms with Crippen LogP contribution in [0.15, 0.2) is 53.4 Å². The maximum atomic E-state index is 13.3. The van der Waals surface area contributed by atoms with Crippen LogP contribution in [0.1, 0.15) is 40.1 Å². The molecule has 2 aromatic carbocycles. The molecule has 1 unspecified atom stereocenters. The highest BCUT2D eigenvalue weighted by Crippen LogP contribution is 2.26. The number of amides is 1. The summed E-state index contributed by atoms with van der Waals surface area (Å²) in [7, 11) is -1.49. The van der Waals surface area contributed by atoms with Gasteiger partial charge < -0.3 is 4.90 Å². The monoisotopic (exact) mass is 396 g/mol. The van der Waals surface area contributed by atoms with E-state index >= 15 is 0 Å². The van der Waals surface area contributed by atoms with Gasteiger partial charge in [0.15, 0.2) is 9.84 Å². The van der Waals surface area contributed by atoms with E-state index < -0.39 is 9.84 Å². The van der Waals surface area contributed by atoms with Crippen molar-refractivity contribution >= 4 is 26.6 Å². The summed E-state index contributed by atoms with van der Waals surface area (Å²) in [6, 6.07) is 14.2. The molecule has 0 aliphatic carbocycles. The fourth-order valence-corrected chi connectivity index (χ4v) is 3.86. The van der Waals surface area contributed by atoms with Gasteiger partial charge in [0.2, 0.25) is 0 Å². The van der Waals surface area contributed by atoms with Crippen LogP contribution in [0, 0.1) is 13.8 Å². The zero-order valence-electron chi connectivity index (χ0n) is 16.7. The molecule has 0 saturated heterocycles. The zero-order chi connectivity index (χ0) is 20.6. The van der Waals surface area contributed by atoms with Gasteiger partial charge in [0.05, 0.1) is 22.0 Å². The second kappa shape index (κ2) is 7.36. The number of benzene rings is 2. The highest BCUT2D eigenvalue weighted by atomic mass is 32.2. The van der Waals surface area contributed by atoms with Gasteiger partial charge in [-0.3, -0.25) is 9.78 Å². The highest BCUT2D eigenvalue weighted by Gasteiger charge is 2.22. The van der Waals surface area contributed by atoms with Crippen LogP contribution >= 0.6 is 0 Å². The first-order chi connectivity index (χ1) is 13.1. The van der Waals surface area contributed by atoms with Crippen LogP contribution in [0.3, 0.4) is 0 Å². The summed E-state index contributed by atoms with van der Waals surface area (Å²) < 4.78 is 23.3. The number of aromatic nitrogens is 1. The number of carbonyl (C=O) groups excluding carboxylic acids is 1. The van der Waals surface area contributed by atoms with E-state index in [2.05, 4.69) is 4.98 Å². The summed E-state index contributed by atoms with van der Waals surface area (Å²) >= 11 is 0. The summed E-state index contributed by atoms with van der Waals surface area (Å²) in [6.45, 7) is 5.79. The number of hydrogen-bond acceptors (Lipinski definition) is 4. The Kier molecular flexibility index (Phi) is 5.26. The van der Waals surface area contributed by atoms with Crippen LogP contribution in [0.25, 0.3) is 10.9 Å². The number of sulfone groups is 1. The fraction of sp³-hybridized carbons (Fsp3) is 0.273. The van der Waals surface area contributed by atoms with Gasteiger partial charge in [-0.15, -0.1) is 0 Å². The van der Waals surface area contributed by atoms with E-state index in [0.717, 1.165) is 27.7 Å². The SMILES string of the molecule is Cc1ccc2nc(C)cc(C(=O)N(C)C(C)c3ccc(S(C)(=O)=O)cc3)c2c1. The molecule has 0 bridgehead atoms. The number of carbonyl (C=O) groups is 1. The van der Waals surface area contributed by atoms with Gasteiger partial charge in [0.1, 0.15) is 0 Å². The fourth-order valence-electron chi connectivity index (χ4n) is 3.23. The van der Waals surface area contributed by atoms with E-state index in [4.69, 9.17) is 0 Å². The Morgan fingerprint density at radius 2 is 1.68 bits per heavy atom. The van der Waals surface area contributed by atoms with Gasteiger partial charge in [-0.1, -0.05) is 23.8 Å². The Morgan fingerprint density at radius 1 is 1.04 bits per heavy atom. The van der Waals surface area contributed by atoms with Gasteiger partial charge in [-0.05, 0) is 56.7 Å². The van der Waals surface area contributed by atoms with E-state index in [1.165, 1.54) is 6.26 Å². The van der Waals surface area contributed by atoms with E-state index in [1.54, 1.807) is 36.2 Å². The number of hydrogen-bond donors (Lipinski definition) is 0. The molecule has 1 amide bonds. The molecule has 5 nitrogen and oxygen atoms in total. The molecule has 0 aliphatic rings. The van der Waals surface area contributed by atoms with Crippen molar-refractivity contribution in [1.29, 1.82) is 0 Å². The largest absolute Gasteiger partial charge is 0.335 e. The molecule has 1 heterocycles. The standard InChI is InChI=1S/C22H24N2O3S/c1-14-6-11-21-19(12-14)20(13-15(2)23-21)22(25)24(4)16(3)17-7-9-18(10-8-17)28(5,26)27/h6-13,16H,1-5H3. The second-order valence-electron chi connectivity index (χ2n) is 7.27. The van der Waals surface area contributed by atoms with Crippen molar-refractivity contribution in [3.63, 3.8) is 0 Å². The molecule has 0 radical (unpaired) electrons. The third-order valence-electron chi connectivity index (χ3n) is 5.01. The first kappa shape index (κ1) is 20.0. The summed E-state index contributed by atoms with van der Waals surface area (Å²) in [4.78, 5) is 19.7. The molecular weight excluding hydrogens is 372 g/mol. The van der Waals surface area contributed by atoms with Gasteiger partial charge in [-0.25, -0.2) is 8.42 Å². The van der Waals surface area contributed by atoms with Crippen LogP contribution in [0.4, 0.5) is 0 Å². The van der Waals surface area contributed by atoms with E-state index in [0.29, 0.717) is 5.56 Å². The molecule has 0 spiro atoms. The summed E-state index contributed by atoms with van der Waals surface area (Å²) in [5.41, 5.74) is 4.15. The lowest BCUT2D eigenvalue weighted by Gasteiger charge is -2.26. The van der Waals surface area contributed by atoms with Crippen LogP contribution < -0.4 is 0 Å². The molecule has 0 aliphatic heterocycles. The van der Waals surface area contributed by atoms with Crippen molar-refractivity contribution in [3.8, 4) is 0 Å². The Bertz CT molecular complexity index is 1150. The average molecular weight is 397 g/mol. The lowest BCUT2D eigenvalue weighted by atomic mass is 10.0. The van der Waals surface area contributed by atoms with E-state index in [1.807, 2.05) is 45.0 Å². The minimum Gasteiger partial charge on any atom is -0.335 e. The molecule has 1 atom stereocenters. The number of pyridine rings is 1. The minimum absolute atomic E-state index is 0.0965. The third-order valence-corrected chi connectivity index (χ3v) is 6.14. The molecule has 3 aromatic rings. The Labute approximate surface area is 165 Å². The minimum atomic E-state index is -3.25. The van der Waals surface area contributed by atoms with Crippen LogP contribution in [-0.2, 0) is 9.84 Å². The van der Waals surface area contributed by atoms with Crippen molar-refractivity contribution in [3.05, 3.63) is 70.9 Å². The number of rotatable bonds is 4. The van der Waals surface area contributed by atoms with Crippen molar-refractivity contribution in [2.75, 3.05) is 13.3 Å². The number of fused-ring (bicyclic) bond motifs is 1. The maximum absolute atomic E-state index is 13.3. The average Bonchev–Trinajstić information content (AvgIpc) is 2.65. The summed E-state index contributed by atoms with van der Waals surface area (Å²) in [5, 5.41) is 0.835. The quantitative estimate of drug-likeness (QED) is 0.666. The Morgan fingerprint density at radius 3 is 2.29 bits per heavy atom. The summed E-state index contributed by atoms with van der Waals surface area (Å²) in [6.07, 6.45) is 1.18. The Balaban J connectivity index is 1.96. The van der Waals surface area contributed by atoms with E-state index in [9.17, 15) is 13.2 Å². The molecule has 28 heavy (non-hydrogen) atoms. The molecular formula is C22H24N2O3S. The molecule has 0 N–H and O–H groups in total. The zero-order valence-corrected chi connectivity index (χ0v) is 17.5.